The van der Waals surface area contributed by atoms with Crippen LogP contribution in [-0.2, 0) is 17.8 Å². The van der Waals surface area contributed by atoms with Gasteiger partial charge >= 0.3 is 0 Å². The first-order chi connectivity index (χ1) is 12.8. The van der Waals surface area contributed by atoms with Crippen molar-refractivity contribution in [2.75, 3.05) is 39.9 Å². The largest absolute Gasteiger partial charge is 0.383 e. The van der Waals surface area contributed by atoms with E-state index >= 15 is 0 Å². The molecule has 0 saturated carbocycles. The molecule has 0 aromatic carbocycles. The summed E-state index contributed by atoms with van der Waals surface area (Å²) in [5.41, 5.74) is 2.65. The Kier molecular flexibility index (Phi) is 7.55. The van der Waals surface area contributed by atoms with E-state index in [-0.39, 0.29) is 0 Å². The number of likely N-dealkylation sites (tertiary alicyclic amines) is 1. The lowest BCUT2D eigenvalue weighted by Gasteiger charge is -2.35. The first kappa shape index (κ1) is 19.0. The zero-order chi connectivity index (χ0) is 18.0. The minimum atomic E-state index is 0.762. The number of methoxy groups -OCH3 is 1. The summed E-state index contributed by atoms with van der Waals surface area (Å²) in [6, 6.07) is 8.47. The zero-order valence-corrected chi connectivity index (χ0v) is 15.8. The summed E-state index contributed by atoms with van der Waals surface area (Å²) in [6.07, 6.45) is 10.1. The molecule has 3 heterocycles. The summed E-state index contributed by atoms with van der Waals surface area (Å²) >= 11 is 0. The molecule has 1 saturated heterocycles. The van der Waals surface area contributed by atoms with Gasteiger partial charge in [-0.1, -0.05) is 0 Å². The second kappa shape index (κ2) is 10.4. The molecule has 3 rings (SSSR count). The Balaban J connectivity index is 1.57. The standard InChI is InChI=1S/C21H30N4O/c1-26-15-14-24-12-6-21(7-13-24)18-25(16-19-2-8-22-9-3-19)17-20-4-10-23-11-5-20/h2-5,8-11,21H,6-7,12-18H2,1H3. The van der Waals surface area contributed by atoms with Gasteiger partial charge in [-0.15, -0.1) is 0 Å². The van der Waals surface area contributed by atoms with Crippen molar-refractivity contribution < 1.29 is 4.74 Å². The fraction of sp³-hybridized carbons (Fsp3) is 0.524. The van der Waals surface area contributed by atoms with Crippen LogP contribution in [0.3, 0.4) is 0 Å². The predicted molar refractivity (Wildman–Crippen MR) is 104 cm³/mol. The van der Waals surface area contributed by atoms with E-state index in [9.17, 15) is 0 Å². The molecule has 26 heavy (non-hydrogen) atoms. The molecular formula is C21H30N4O. The molecule has 0 radical (unpaired) electrons. The maximum absolute atomic E-state index is 5.21. The predicted octanol–water partition coefficient (Wildman–Crippen LogP) is 2.84. The molecule has 1 aliphatic heterocycles. The minimum absolute atomic E-state index is 0.762. The smallest absolute Gasteiger partial charge is 0.0589 e. The Hall–Kier alpha value is -1.82. The van der Waals surface area contributed by atoms with Gasteiger partial charge in [0.25, 0.3) is 0 Å². The number of hydrogen-bond acceptors (Lipinski definition) is 5. The van der Waals surface area contributed by atoms with Gasteiger partial charge in [0.2, 0.25) is 0 Å². The van der Waals surface area contributed by atoms with Crippen LogP contribution in [0.2, 0.25) is 0 Å². The number of rotatable bonds is 9. The topological polar surface area (TPSA) is 41.5 Å². The average molecular weight is 354 g/mol. The maximum atomic E-state index is 5.21. The Morgan fingerprint density at radius 2 is 1.50 bits per heavy atom. The average Bonchev–Trinajstić information content (AvgIpc) is 2.69. The maximum Gasteiger partial charge on any atom is 0.0589 e. The van der Waals surface area contributed by atoms with E-state index in [1.807, 2.05) is 24.8 Å². The molecule has 0 aliphatic carbocycles. The third kappa shape index (κ3) is 6.16. The van der Waals surface area contributed by atoms with E-state index in [0.717, 1.165) is 38.7 Å². The quantitative estimate of drug-likeness (QED) is 0.693. The van der Waals surface area contributed by atoms with Crippen molar-refractivity contribution in [3.8, 4) is 0 Å². The fourth-order valence-electron chi connectivity index (χ4n) is 3.66. The van der Waals surface area contributed by atoms with Crippen molar-refractivity contribution in [2.24, 2.45) is 5.92 Å². The highest BCUT2D eigenvalue weighted by atomic mass is 16.5. The second-order valence-electron chi connectivity index (χ2n) is 7.16. The number of hydrogen-bond donors (Lipinski definition) is 0. The van der Waals surface area contributed by atoms with Crippen LogP contribution < -0.4 is 0 Å². The lowest BCUT2D eigenvalue weighted by Crippen LogP contribution is -2.39. The van der Waals surface area contributed by atoms with Gasteiger partial charge in [-0.25, -0.2) is 0 Å². The number of aromatic nitrogens is 2. The van der Waals surface area contributed by atoms with Crippen molar-refractivity contribution in [1.82, 2.24) is 19.8 Å². The Labute approximate surface area is 157 Å². The minimum Gasteiger partial charge on any atom is -0.383 e. The van der Waals surface area contributed by atoms with E-state index in [1.165, 1.54) is 37.1 Å². The SMILES string of the molecule is COCCN1CCC(CN(Cc2ccncc2)Cc2ccncc2)CC1. The summed E-state index contributed by atoms with van der Waals surface area (Å²) in [4.78, 5) is 13.4. The van der Waals surface area contributed by atoms with Crippen LogP contribution >= 0.6 is 0 Å². The van der Waals surface area contributed by atoms with Crippen molar-refractivity contribution in [3.05, 3.63) is 60.2 Å². The number of pyridine rings is 2. The number of ether oxygens (including phenoxy) is 1. The molecule has 0 bridgehead atoms. The van der Waals surface area contributed by atoms with Gasteiger partial charge < -0.3 is 9.64 Å². The Morgan fingerprint density at radius 3 is 2.00 bits per heavy atom. The van der Waals surface area contributed by atoms with Gasteiger partial charge in [0.1, 0.15) is 0 Å². The van der Waals surface area contributed by atoms with E-state index in [2.05, 4.69) is 44.0 Å². The fourth-order valence-corrected chi connectivity index (χ4v) is 3.66. The van der Waals surface area contributed by atoms with Crippen molar-refractivity contribution in [1.29, 1.82) is 0 Å². The lowest BCUT2D eigenvalue weighted by molar-refractivity contribution is 0.104. The van der Waals surface area contributed by atoms with Crippen LogP contribution in [0.4, 0.5) is 0 Å². The number of piperidine rings is 1. The van der Waals surface area contributed by atoms with Crippen LogP contribution in [-0.4, -0.2) is 59.7 Å². The van der Waals surface area contributed by atoms with E-state index in [1.54, 1.807) is 7.11 Å². The van der Waals surface area contributed by atoms with Crippen LogP contribution in [0.25, 0.3) is 0 Å². The summed E-state index contributed by atoms with van der Waals surface area (Å²) in [6.45, 7) is 7.34. The van der Waals surface area contributed by atoms with E-state index < -0.39 is 0 Å². The molecule has 5 nitrogen and oxygen atoms in total. The van der Waals surface area contributed by atoms with Crippen molar-refractivity contribution >= 4 is 0 Å². The lowest BCUT2D eigenvalue weighted by atomic mass is 9.95. The number of nitrogens with zero attached hydrogens (tertiary/aromatic N) is 4. The Morgan fingerprint density at radius 1 is 0.962 bits per heavy atom. The summed E-state index contributed by atoms with van der Waals surface area (Å²) < 4.78 is 5.21. The normalized spacial score (nSPS) is 16.2. The molecular weight excluding hydrogens is 324 g/mol. The molecule has 1 fully saturated rings. The first-order valence-corrected chi connectivity index (χ1v) is 9.55. The molecule has 5 heteroatoms. The molecule has 0 unspecified atom stereocenters. The van der Waals surface area contributed by atoms with E-state index in [0.29, 0.717) is 0 Å². The van der Waals surface area contributed by atoms with Gasteiger partial charge in [0.05, 0.1) is 6.61 Å². The van der Waals surface area contributed by atoms with Gasteiger partial charge in [0, 0.05) is 58.1 Å². The molecule has 0 spiro atoms. The van der Waals surface area contributed by atoms with Gasteiger partial charge in [-0.3, -0.25) is 14.9 Å². The molecule has 140 valence electrons. The molecule has 2 aromatic rings. The highest BCUT2D eigenvalue weighted by Gasteiger charge is 2.21. The second-order valence-corrected chi connectivity index (χ2v) is 7.16. The molecule has 1 aliphatic rings. The van der Waals surface area contributed by atoms with Gasteiger partial charge in [0.15, 0.2) is 0 Å². The highest BCUT2D eigenvalue weighted by Crippen LogP contribution is 2.20. The first-order valence-electron chi connectivity index (χ1n) is 9.55. The molecule has 0 amide bonds. The third-order valence-electron chi connectivity index (χ3n) is 5.15. The summed E-state index contributed by atoms with van der Waals surface area (Å²) in [5.74, 6) is 0.762. The van der Waals surface area contributed by atoms with Crippen LogP contribution in [0, 0.1) is 5.92 Å². The van der Waals surface area contributed by atoms with Crippen LogP contribution in [0.1, 0.15) is 24.0 Å². The zero-order valence-electron chi connectivity index (χ0n) is 15.8. The van der Waals surface area contributed by atoms with Gasteiger partial charge in [-0.05, 0) is 67.2 Å². The molecule has 0 N–H and O–H groups in total. The molecule has 2 aromatic heterocycles. The van der Waals surface area contributed by atoms with E-state index in [4.69, 9.17) is 4.74 Å². The molecule has 0 atom stereocenters. The Bertz CT molecular complexity index is 573. The monoisotopic (exact) mass is 354 g/mol. The van der Waals surface area contributed by atoms with Crippen molar-refractivity contribution in [3.63, 3.8) is 0 Å². The van der Waals surface area contributed by atoms with Crippen LogP contribution in [0.5, 0.6) is 0 Å². The summed E-state index contributed by atoms with van der Waals surface area (Å²) in [5, 5.41) is 0. The van der Waals surface area contributed by atoms with Crippen LogP contribution in [0.15, 0.2) is 49.1 Å². The third-order valence-corrected chi connectivity index (χ3v) is 5.15. The summed E-state index contributed by atoms with van der Waals surface area (Å²) in [7, 11) is 1.78. The highest BCUT2D eigenvalue weighted by molar-refractivity contribution is 5.12. The van der Waals surface area contributed by atoms with Gasteiger partial charge in [-0.2, -0.15) is 0 Å². The van der Waals surface area contributed by atoms with Crippen molar-refractivity contribution in [2.45, 2.75) is 25.9 Å².